The molecule has 1 atom stereocenters. The van der Waals surface area contributed by atoms with Crippen LogP contribution in [0.4, 0.5) is 5.69 Å². The Hall–Kier alpha value is -3.42. The lowest BCUT2D eigenvalue weighted by atomic mass is 10.1. The van der Waals surface area contributed by atoms with Crippen molar-refractivity contribution in [2.75, 3.05) is 5.32 Å². The molecule has 1 N–H and O–H groups in total. The van der Waals surface area contributed by atoms with Crippen molar-refractivity contribution < 1.29 is 18.8 Å². The molecule has 3 rings (SSSR count). The average Bonchev–Trinajstić information content (AvgIpc) is 3.21. The topological polar surface area (TPSA) is 99.2 Å². The zero-order chi connectivity index (χ0) is 19.4. The third-order valence-electron chi connectivity index (χ3n) is 4.03. The molecule has 140 valence electrons. The average molecular weight is 368 g/mol. The molecule has 0 saturated heterocycles. The van der Waals surface area contributed by atoms with Crippen molar-refractivity contribution in [3.8, 4) is 0 Å². The molecule has 8 heteroatoms. The van der Waals surface area contributed by atoms with Crippen LogP contribution in [0.25, 0.3) is 0 Å². The first-order chi connectivity index (χ1) is 12.9. The number of carbonyl (C=O) groups excluding carboxylic acids is 2. The van der Waals surface area contributed by atoms with Gasteiger partial charge in [-0.1, -0.05) is 35.5 Å². The number of nitrogens with zero attached hydrogens (tertiary/aromatic N) is 3. The van der Waals surface area contributed by atoms with Crippen LogP contribution in [0.1, 0.15) is 35.6 Å². The zero-order valence-electron chi connectivity index (χ0n) is 15.3. The Morgan fingerprint density at radius 2 is 2.00 bits per heavy atom. The maximum atomic E-state index is 12.6. The molecule has 0 aliphatic heterocycles. The molecular weight excluding hydrogens is 348 g/mol. The van der Waals surface area contributed by atoms with E-state index in [0.29, 0.717) is 17.8 Å². The molecular formula is C19H20N4O4. The van der Waals surface area contributed by atoms with Gasteiger partial charge in [-0.3, -0.25) is 14.3 Å². The van der Waals surface area contributed by atoms with Crippen molar-refractivity contribution in [3.05, 3.63) is 65.3 Å². The number of rotatable bonds is 6. The van der Waals surface area contributed by atoms with Crippen molar-refractivity contribution in [1.82, 2.24) is 14.9 Å². The van der Waals surface area contributed by atoms with Gasteiger partial charge in [0, 0.05) is 24.2 Å². The van der Waals surface area contributed by atoms with E-state index in [1.165, 1.54) is 13.1 Å². The number of nitrogens with one attached hydrogen (secondary N) is 1. The summed E-state index contributed by atoms with van der Waals surface area (Å²) in [6.45, 7) is 5.45. The standard InChI is InChI=1S/C19H20N4O4/c1-12-17(13(2)27-22-12)11-23-10-16(9-20-23)21-19(25)18(26-14(3)24)15-7-5-4-6-8-15/h4-10,18H,11H2,1-3H3,(H,21,25)/t18-/m1/s1. The molecule has 0 unspecified atom stereocenters. The highest BCUT2D eigenvalue weighted by molar-refractivity contribution is 5.95. The highest BCUT2D eigenvalue weighted by Gasteiger charge is 2.24. The Morgan fingerprint density at radius 1 is 1.26 bits per heavy atom. The van der Waals surface area contributed by atoms with Crippen LogP contribution < -0.4 is 5.32 Å². The third-order valence-corrected chi connectivity index (χ3v) is 4.03. The predicted octanol–water partition coefficient (Wildman–Crippen LogP) is 2.78. The van der Waals surface area contributed by atoms with E-state index in [2.05, 4.69) is 15.6 Å². The lowest BCUT2D eigenvalue weighted by molar-refractivity contribution is -0.152. The van der Waals surface area contributed by atoms with E-state index in [0.717, 1.165) is 17.0 Å². The van der Waals surface area contributed by atoms with Crippen molar-refractivity contribution in [2.45, 2.75) is 33.4 Å². The van der Waals surface area contributed by atoms with Gasteiger partial charge in [0.15, 0.2) is 0 Å². The molecule has 0 aliphatic rings. The minimum Gasteiger partial charge on any atom is -0.447 e. The van der Waals surface area contributed by atoms with Crippen LogP contribution in [-0.2, 0) is 20.9 Å². The molecule has 0 fully saturated rings. The molecule has 27 heavy (non-hydrogen) atoms. The number of ether oxygens (including phenoxy) is 1. The van der Waals surface area contributed by atoms with Crippen LogP contribution >= 0.6 is 0 Å². The molecule has 0 aliphatic carbocycles. The summed E-state index contributed by atoms with van der Waals surface area (Å²) >= 11 is 0. The van der Waals surface area contributed by atoms with Crippen molar-refractivity contribution in [2.24, 2.45) is 0 Å². The fourth-order valence-electron chi connectivity index (χ4n) is 2.68. The van der Waals surface area contributed by atoms with Gasteiger partial charge in [0.1, 0.15) is 5.76 Å². The Bertz CT molecular complexity index is 926. The van der Waals surface area contributed by atoms with E-state index < -0.39 is 18.0 Å². The number of benzene rings is 1. The quantitative estimate of drug-likeness (QED) is 0.672. The van der Waals surface area contributed by atoms with Crippen molar-refractivity contribution in [3.63, 3.8) is 0 Å². The van der Waals surface area contributed by atoms with Crippen LogP contribution in [0.5, 0.6) is 0 Å². The fourth-order valence-corrected chi connectivity index (χ4v) is 2.68. The Labute approximate surface area is 156 Å². The molecule has 0 saturated carbocycles. The van der Waals surface area contributed by atoms with Crippen molar-refractivity contribution >= 4 is 17.6 Å². The molecule has 1 aromatic carbocycles. The summed E-state index contributed by atoms with van der Waals surface area (Å²) in [6, 6.07) is 8.84. The molecule has 2 heterocycles. The Balaban J connectivity index is 1.73. The first-order valence-corrected chi connectivity index (χ1v) is 8.41. The number of aromatic nitrogens is 3. The summed E-state index contributed by atoms with van der Waals surface area (Å²) in [5, 5.41) is 10.9. The number of aryl methyl sites for hydroxylation is 2. The minimum absolute atomic E-state index is 0.451. The van der Waals surface area contributed by atoms with Crippen LogP contribution in [0.3, 0.4) is 0 Å². The largest absolute Gasteiger partial charge is 0.447 e. The molecule has 0 bridgehead atoms. The Kier molecular flexibility index (Phi) is 5.35. The summed E-state index contributed by atoms with van der Waals surface area (Å²) in [5.41, 5.74) is 2.83. The Morgan fingerprint density at radius 3 is 2.63 bits per heavy atom. The maximum Gasteiger partial charge on any atom is 0.303 e. The smallest absolute Gasteiger partial charge is 0.303 e. The molecule has 2 aromatic heterocycles. The van der Waals surface area contributed by atoms with Gasteiger partial charge >= 0.3 is 5.97 Å². The van der Waals surface area contributed by atoms with Crippen LogP contribution in [-0.4, -0.2) is 26.8 Å². The highest BCUT2D eigenvalue weighted by Crippen LogP contribution is 2.20. The number of esters is 1. The van der Waals surface area contributed by atoms with Gasteiger partial charge in [-0.15, -0.1) is 0 Å². The molecule has 3 aromatic rings. The van der Waals surface area contributed by atoms with Gasteiger partial charge < -0.3 is 14.6 Å². The maximum absolute atomic E-state index is 12.6. The third kappa shape index (κ3) is 4.41. The van der Waals surface area contributed by atoms with Gasteiger partial charge in [-0.25, -0.2) is 0 Å². The summed E-state index contributed by atoms with van der Waals surface area (Å²) in [5.74, 6) is -0.256. The van der Waals surface area contributed by atoms with E-state index in [1.807, 2.05) is 19.9 Å². The molecule has 0 spiro atoms. The van der Waals surface area contributed by atoms with Crippen LogP contribution in [0.2, 0.25) is 0 Å². The minimum atomic E-state index is -1.03. The summed E-state index contributed by atoms with van der Waals surface area (Å²) in [7, 11) is 0. The van der Waals surface area contributed by atoms with Crippen LogP contribution in [0.15, 0.2) is 47.2 Å². The SMILES string of the molecule is CC(=O)O[C@@H](C(=O)Nc1cnn(Cc2c(C)noc2C)c1)c1ccccc1. The van der Waals surface area contributed by atoms with Crippen molar-refractivity contribution in [1.29, 1.82) is 0 Å². The first-order valence-electron chi connectivity index (χ1n) is 8.41. The van der Waals surface area contributed by atoms with E-state index >= 15 is 0 Å². The van der Waals surface area contributed by atoms with Gasteiger partial charge in [0.05, 0.1) is 24.1 Å². The number of amides is 1. The summed E-state index contributed by atoms with van der Waals surface area (Å²) in [6.07, 6.45) is 2.19. The number of carbonyl (C=O) groups is 2. The lowest BCUT2D eigenvalue weighted by Crippen LogP contribution is -2.24. The van der Waals surface area contributed by atoms with E-state index in [9.17, 15) is 9.59 Å². The summed E-state index contributed by atoms with van der Waals surface area (Å²) in [4.78, 5) is 24.0. The number of hydrogen-bond acceptors (Lipinski definition) is 6. The monoisotopic (exact) mass is 368 g/mol. The second-order valence-electron chi connectivity index (χ2n) is 6.12. The van der Waals surface area contributed by atoms with Gasteiger partial charge in [0.2, 0.25) is 6.10 Å². The van der Waals surface area contributed by atoms with E-state index in [-0.39, 0.29) is 0 Å². The number of anilines is 1. The van der Waals surface area contributed by atoms with Crippen LogP contribution in [0, 0.1) is 13.8 Å². The van der Waals surface area contributed by atoms with Gasteiger partial charge in [-0.05, 0) is 13.8 Å². The second-order valence-corrected chi connectivity index (χ2v) is 6.12. The lowest BCUT2D eigenvalue weighted by Gasteiger charge is -2.16. The van der Waals surface area contributed by atoms with E-state index in [1.54, 1.807) is 35.1 Å². The molecule has 0 radical (unpaired) electrons. The molecule has 1 amide bonds. The predicted molar refractivity (Wildman–Crippen MR) is 96.9 cm³/mol. The fraction of sp³-hybridized carbons (Fsp3) is 0.263. The highest BCUT2D eigenvalue weighted by atomic mass is 16.5. The molecule has 8 nitrogen and oxygen atoms in total. The van der Waals surface area contributed by atoms with Gasteiger partial charge in [0.25, 0.3) is 5.91 Å². The van der Waals surface area contributed by atoms with E-state index in [4.69, 9.17) is 9.26 Å². The second kappa shape index (κ2) is 7.86. The van der Waals surface area contributed by atoms with Gasteiger partial charge in [-0.2, -0.15) is 5.10 Å². The zero-order valence-corrected chi connectivity index (χ0v) is 15.3. The number of hydrogen-bond donors (Lipinski definition) is 1. The first kappa shape index (κ1) is 18.4. The summed E-state index contributed by atoms with van der Waals surface area (Å²) < 4.78 is 12.0. The normalized spacial score (nSPS) is 11.8.